The van der Waals surface area contributed by atoms with Gasteiger partial charge in [-0.25, -0.2) is 4.79 Å². The van der Waals surface area contributed by atoms with Crippen molar-refractivity contribution in [1.82, 2.24) is 0 Å². The minimum absolute atomic E-state index is 0.138. The van der Waals surface area contributed by atoms with E-state index >= 15 is 0 Å². The maximum Gasteiger partial charge on any atom is 0.332 e. The Morgan fingerprint density at radius 2 is 1.80 bits per heavy atom. The zero-order chi connectivity index (χ0) is 15.0. The number of benzene rings is 1. The lowest BCUT2D eigenvalue weighted by Gasteiger charge is -2.13. The molecule has 0 aliphatic carbocycles. The van der Waals surface area contributed by atoms with Gasteiger partial charge < -0.3 is 19.7 Å². The number of carbonyl (C=O) groups excluding carboxylic acids is 2. The highest BCUT2D eigenvalue weighted by Crippen LogP contribution is 2.15. The second-order valence-corrected chi connectivity index (χ2v) is 4.29. The predicted molar refractivity (Wildman–Crippen MR) is 76.9 cm³/mol. The monoisotopic (exact) mass is 280 g/mol. The van der Waals surface area contributed by atoms with Gasteiger partial charge in [-0.05, 0) is 31.2 Å². The van der Waals surface area contributed by atoms with Crippen LogP contribution in [-0.4, -0.2) is 45.8 Å². The summed E-state index contributed by atoms with van der Waals surface area (Å²) >= 11 is 0. The molecule has 1 aromatic carbocycles. The number of carbonyl (C=O) groups is 2. The molecule has 0 bridgehead atoms. The normalized spacial score (nSPS) is 9.95. The Kier molecular flexibility index (Phi) is 6.52. The molecule has 0 fully saturated rings. The fraction of sp³-hybridized carbons (Fsp3) is 0.429. The average Bonchev–Trinajstić information content (AvgIpc) is 2.43. The molecule has 0 radical (unpaired) electrons. The SMILES string of the molecule is CCOCC(=O)OCC(=O)Nc1ccc(N(C)C)cc1. The van der Waals surface area contributed by atoms with E-state index in [9.17, 15) is 9.59 Å². The first-order chi connectivity index (χ1) is 9.52. The fourth-order valence-corrected chi connectivity index (χ4v) is 1.41. The summed E-state index contributed by atoms with van der Waals surface area (Å²) in [4.78, 5) is 24.7. The van der Waals surface area contributed by atoms with Gasteiger partial charge in [0.25, 0.3) is 5.91 Å². The molecule has 0 aromatic heterocycles. The maximum atomic E-state index is 11.6. The Morgan fingerprint density at radius 1 is 1.15 bits per heavy atom. The fourth-order valence-electron chi connectivity index (χ4n) is 1.41. The van der Waals surface area contributed by atoms with Crippen LogP contribution in [0.1, 0.15) is 6.92 Å². The van der Waals surface area contributed by atoms with Crippen LogP contribution in [0.4, 0.5) is 11.4 Å². The molecule has 1 N–H and O–H groups in total. The molecule has 0 atom stereocenters. The molecule has 0 unspecified atom stereocenters. The molecular weight excluding hydrogens is 260 g/mol. The minimum atomic E-state index is -0.551. The van der Waals surface area contributed by atoms with Crippen molar-refractivity contribution in [2.45, 2.75) is 6.92 Å². The molecule has 1 rings (SSSR count). The molecule has 1 aromatic rings. The van der Waals surface area contributed by atoms with Crippen molar-refractivity contribution in [3.63, 3.8) is 0 Å². The lowest BCUT2D eigenvalue weighted by atomic mass is 10.2. The molecule has 0 saturated carbocycles. The van der Waals surface area contributed by atoms with E-state index in [2.05, 4.69) is 5.32 Å². The Hall–Kier alpha value is -2.08. The van der Waals surface area contributed by atoms with Crippen LogP contribution in [0.2, 0.25) is 0 Å². The molecule has 0 saturated heterocycles. The van der Waals surface area contributed by atoms with Gasteiger partial charge in [-0.3, -0.25) is 4.79 Å². The molecular formula is C14H20N2O4. The maximum absolute atomic E-state index is 11.6. The second kappa shape index (κ2) is 8.16. The van der Waals surface area contributed by atoms with E-state index in [-0.39, 0.29) is 19.1 Å². The first-order valence-corrected chi connectivity index (χ1v) is 6.33. The lowest BCUT2D eigenvalue weighted by Crippen LogP contribution is -2.22. The van der Waals surface area contributed by atoms with Crippen LogP contribution in [0, 0.1) is 0 Å². The Morgan fingerprint density at radius 3 is 2.35 bits per heavy atom. The molecule has 0 heterocycles. The van der Waals surface area contributed by atoms with Crippen LogP contribution in [0.3, 0.4) is 0 Å². The number of anilines is 2. The third-order valence-electron chi connectivity index (χ3n) is 2.46. The van der Waals surface area contributed by atoms with Gasteiger partial charge in [0, 0.05) is 32.1 Å². The second-order valence-electron chi connectivity index (χ2n) is 4.29. The first kappa shape index (κ1) is 16.0. The van der Waals surface area contributed by atoms with E-state index in [1.807, 2.05) is 31.1 Å². The quantitative estimate of drug-likeness (QED) is 0.762. The number of ether oxygens (including phenoxy) is 2. The van der Waals surface area contributed by atoms with Gasteiger partial charge in [-0.1, -0.05) is 0 Å². The summed E-state index contributed by atoms with van der Waals surface area (Å²) in [6, 6.07) is 7.35. The zero-order valence-electron chi connectivity index (χ0n) is 12.0. The molecule has 0 spiro atoms. The van der Waals surface area contributed by atoms with Gasteiger partial charge in [-0.2, -0.15) is 0 Å². The minimum Gasteiger partial charge on any atom is -0.454 e. The summed E-state index contributed by atoms with van der Waals surface area (Å²) in [5, 5.41) is 2.64. The number of esters is 1. The highest BCUT2D eigenvalue weighted by atomic mass is 16.6. The number of amides is 1. The zero-order valence-corrected chi connectivity index (χ0v) is 12.0. The van der Waals surface area contributed by atoms with Crippen molar-refractivity contribution in [3.05, 3.63) is 24.3 Å². The van der Waals surface area contributed by atoms with Gasteiger partial charge in [0.05, 0.1) is 0 Å². The Bertz CT molecular complexity index is 443. The highest BCUT2D eigenvalue weighted by molar-refractivity contribution is 5.93. The van der Waals surface area contributed by atoms with Gasteiger partial charge in [0.15, 0.2) is 6.61 Å². The summed E-state index contributed by atoms with van der Waals surface area (Å²) in [6.45, 7) is 1.75. The lowest BCUT2D eigenvalue weighted by molar-refractivity contribution is -0.151. The van der Waals surface area contributed by atoms with E-state index in [1.54, 1.807) is 19.1 Å². The molecule has 20 heavy (non-hydrogen) atoms. The van der Waals surface area contributed by atoms with Crippen molar-refractivity contribution < 1.29 is 19.1 Å². The van der Waals surface area contributed by atoms with Crippen LogP contribution in [0.25, 0.3) is 0 Å². The molecule has 110 valence electrons. The van der Waals surface area contributed by atoms with Crippen molar-refractivity contribution in [2.24, 2.45) is 0 Å². The first-order valence-electron chi connectivity index (χ1n) is 6.33. The number of nitrogens with one attached hydrogen (secondary N) is 1. The molecule has 6 nitrogen and oxygen atoms in total. The third kappa shape index (κ3) is 5.71. The van der Waals surface area contributed by atoms with Crippen LogP contribution < -0.4 is 10.2 Å². The van der Waals surface area contributed by atoms with E-state index < -0.39 is 5.97 Å². The van der Waals surface area contributed by atoms with Gasteiger partial charge in [0.2, 0.25) is 0 Å². The van der Waals surface area contributed by atoms with E-state index in [1.165, 1.54) is 0 Å². The summed E-state index contributed by atoms with van der Waals surface area (Å²) in [7, 11) is 3.87. The smallest absolute Gasteiger partial charge is 0.332 e. The molecule has 6 heteroatoms. The molecule has 0 aliphatic heterocycles. The summed E-state index contributed by atoms with van der Waals surface area (Å²) < 4.78 is 9.63. The van der Waals surface area contributed by atoms with Crippen molar-refractivity contribution in [2.75, 3.05) is 44.1 Å². The van der Waals surface area contributed by atoms with E-state index in [0.29, 0.717) is 12.3 Å². The average molecular weight is 280 g/mol. The van der Waals surface area contributed by atoms with Crippen molar-refractivity contribution >= 4 is 23.3 Å². The number of hydrogen-bond acceptors (Lipinski definition) is 5. The summed E-state index contributed by atoms with van der Waals surface area (Å²) in [6.07, 6.45) is 0. The number of rotatable bonds is 7. The van der Waals surface area contributed by atoms with E-state index in [0.717, 1.165) is 5.69 Å². The molecule has 1 amide bonds. The standard InChI is InChI=1S/C14H20N2O4/c1-4-19-10-14(18)20-9-13(17)15-11-5-7-12(8-6-11)16(2)3/h5-8H,4,9-10H2,1-3H3,(H,15,17). The molecule has 0 aliphatic rings. The third-order valence-corrected chi connectivity index (χ3v) is 2.46. The van der Waals surface area contributed by atoms with Gasteiger partial charge in [-0.15, -0.1) is 0 Å². The summed E-state index contributed by atoms with van der Waals surface area (Å²) in [5.41, 5.74) is 1.69. The summed E-state index contributed by atoms with van der Waals surface area (Å²) in [5.74, 6) is -0.933. The van der Waals surface area contributed by atoms with Gasteiger partial charge in [0.1, 0.15) is 6.61 Å². The Labute approximate surface area is 118 Å². The largest absolute Gasteiger partial charge is 0.454 e. The number of hydrogen-bond donors (Lipinski definition) is 1. The van der Waals surface area contributed by atoms with Crippen LogP contribution >= 0.6 is 0 Å². The van der Waals surface area contributed by atoms with Crippen molar-refractivity contribution in [3.8, 4) is 0 Å². The van der Waals surface area contributed by atoms with Gasteiger partial charge >= 0.3 is 5.97 Å². The predicted octanol–water partition coefficient (Wildman–Crippen LogP) is 1.27. The van der Waals surface area contributed by atoms with Crippen LogP contribution in [0.5, 0.6) is 0 Å². The highest BCUT2D eigenvalue weighted by Gasteiger charge is 2.07. The van der Waals surface area contributed by atoms with Crippen molar-refractivity contribution in [1.29, 1.82) is 0 Å². The van der Waals surface area contributed by atoms with Crippen LogP contribution in [0.15, 0.2) is 24.3 Å². The Balaban J connectivity index is 2.36. The van der Waals surface area contributed by atoms with E-state index in [4.69, 9.17) is 9.47 Å². The van der Waals surface area contributed by atoms with Crippen LogP contribution in [-0.2, 0) is 19.1 Å². The topological polar surface area (TPSA) is 67.9 Å². The number of nitrogens with zero attached hydrogens (tertiary/aromatic N) is 1.